The molecular formula is C22H18Cl4N2O3S. The van der Waals surface area contributed by atoms with Crippen molar-refractivity contribution in [3.8, 4) is 0 Å². The van der Waals surface area contributed by atoms with E-state index in [0.29, 0.717) is 15.6 Å². The third-order valence-corrected chi connectivity index (χ3v) is 7.48. The van der Waals surface area contributed by atoms with Crippen LogP contribution in [0.25, 0.3) is 0 Å². The normalized spacial score (nSPS) is 11.3. The van der Waals surface area contributed by atoms with Crippen molar-refractivity contribution in [1.29, 1.82) is 0 Å². The summed E-state index contributed by atoms with van der Waals surface area (Å²) in [6, 6.07) is 15.6. The second-order valence-corrected chi connectivity index (χ2v) is 10.5. The number of hydrogen-bond acceptors (Lipinski definition) is 3. The molecule has 1 N–H and O–H groups in total. The van der Waals surface area contributed by atoms with Crippen molar-refractivity contribution in [2.75, 3.05) is 10.8 Å². The summed E-state index contributed by atoms with van der Waals surface area (Å²) in [5.41, 5.74) is 1.63. The molecule has 0 saturated carbocycles. The van der Waals surface area contributed by atoms with Gasteiger partial charge in [-0.05, 0) is 55.0 Å². The Kier molecular flexibility index (Phi) is 7.96. The molecule has 168 valence electrons. The van der Waals surface area contributed by atoms with Gasteiger partial charge in [0.1, 0.15) is 6.54 Å². The number of aryl methyl sites for hydroxylation is 1. The monoisotopic (exact) mass is 530 g/mol. The smallest absolute Gasteiger partial charge is 0.264 e. The summed E-state index contributed by atoms with van der Waals surface area (Å²) in [4.78, 5) is 12.8. The van der Waals surface area contributed by atoms with Crippen molar-refractivity contribution in [3.63, 3.8) is 0 Å². The van der Waals surface area contributed by atoms with E-state index in [-0.39, 0.29) is 27.2 Å². The van der Waals surface area contributed by atoms with E-state index in [1.807, 2.05) is 6.92 Å². The lowest BCUT2D eigenvalue weighted by molar-refractivity contribution is -0.119. The van der Waals surface area contributed by atoms with Gasteiger partial charge in [0.2, 0.25) is 5.91 Å². The third-order valence-electron chi connectivity index (χ3n) is 4.56. The molecule has 3 rings (SSSR count). The Bertz CT molecular complexity index is 1250. The van der Waals surface area contributed by atoms with E-state index in [1.54, 1.807) is 30.3 Å². The van der Waals surface area contributed by atoms with E-state index in [0.717, 1.165) is 9.87 Å². The molecule has 10 heteroatoms. The third kappa shape index (κ3) is 5.88. The Morgan fingerprint density at radius 2 is 1.50 bits per heavy atom. The molecule has 0 fully saturated rings. The van der Waals surface area contributed by atoms with Gasteiger partial charge in [-0.3, -0.25) is 9.10 Å². The van der Waals surface area contributed by atoms with Crippen LogP contribution in [-0.4, -0.2) is 20.9 Å². The summed E-state index contributed by atoms with van der Waals surface area (Å²) in [5.74, 6) is -0.553. The molecular weight excluding hydrogens is 514 g/mol. The van der Waals surface area contributed by atoms with Crippen molar-refractivity contribution in [2.24, 2.45) is 0 Å². The molecule has 32 heavy (non-hydrogen) atoms. The molecule has 0 spiro atoms. The Labute approximate surface area is 206 Å². The van der Waals surface area contributed by atoms with Crippen LogP contribution in [0.5, 0.6) is 0 Å². The minimum Gasteiger partial charge on any atom is -0.350 e. The highest BCUT2D eigenvalue weighted by atomic mass is 35.5. The molecule has 5 nitrogen and oxygen atoms in total. The highest BCUT2D eigenvalue weighted by Crippen LogP contribution is 2.33. The van der Waals surface area contributed by atoms with Crippen molar-refractivity contribution < 1.29 is 13.2 Å². The fourth-order valence-electron chi connectivity index (χ4n) is 2.86. The second kappa shape index (κ2) is 10.3. The molecule has 0 bridgehead atoms. The predicted octanol–water partition coefficient (Wildman–Crippen LogP) is 6.12. The van der Waals surface area contributed by atoms with Gasteiger partial charge in [0.15, 0.2) is 0 Å². The molecule has 0 saturated heterocycles. The minimum atomic E-state index is -4.12. The van der Waals surface area contributed by atoms with Gasteiger partial charge in [0.05, 0.1) is 15.6 Å². The number of nitrogens with one attached hydrogen (secondary N) is 1. The van der Waals surface area contributed by atoms with Crippen molar-refractivity contribution >= 4 is 68.0 Å². The van der Waals surface area contributed by atoms with Crippen LogP contribution < -0.4 is 9.62 Å². The van der Waals surface area contributed by atoms with Crippen LogP contribution in [0.2, 0.25) is 20.1 Å². The fourth-order valence-corrected chi connectivity index (χ4v) is 5.20. The van der Waals surface area contributed by atoms with Gasteiger partial charge in [-0.25, -0.2) is 8.42 Å². The average molecular weight is 532 g/mol. The number of nitrogens with zero attached hydrogens (tertiary/aromatic N) is 1. The van der Waals surface area contributed by atoms with Gasteiger partial charge in [0, 0.05) is 21.6 Å². The summed E-state index contributed by atoms with van der Waals surface area (Å²) in [5, 5.41) is 3.95. The molecule has 0 heterocycles. The number of carbonyl (C=O) groups is 1. The van der Waals surface area contributed by atoms with Crippen molar-refractivity contribution in [2.45, 2.75) is 18.4 Å². The van der Waals surface area contributed by atoms with Crippen LogP contribution in [0.15, 0.2) is 65.6 Å². The maximum Gasteiger partial charge on any atom is 0.264 e. The molecule has 0 aromatic heterocycles. The molecule has 3 aromatic carbocycles. The van der Waals surface area contributed by atoms with Crippen LogP contribution in [0.4, 0.5) is 5.69 Å². The first-order chi connectivity index (χ1) is 15.1. The van der Waals surface area contributed by atoms with E-state index in [1.165, 1.54) is 30.3 Å². The SMILES string of the molecule is Cc1ccc(S(=O)(=O)N(CC(=O)NCc2ccc(Cl)cc2Cl)c2cc(Cl)ccc2Cl)cc1. The maximum absolute atomic E-state index is 13.4. The highest BCUT2D eigenvalue weighted by Gasteiger charge is 2.29. The van der Waals surface area contributed by atoms with Crippen molar-refractivity contribution in [3.05, 3.63) is 91.9 Å². The maximum atomic E-state index is 13.4. The number of rotatable bonds is 7. The van der Waals surface area contributed by atoms with Gasteiger partial charge < -0.3 is 5.32 Å². The lowest BCUT2D eigenvalue weighted by Crippen LogP contribution is -2.40. The number of anilines is 1. The Balaban J connectivity index is 1.91. The second-order valence-electron chi connectivity index (χ2n) is 6.93. The molecule has 0 aliphatic carbocycles. The predicted molar refractivity (Wildman–Crippen MR) is 130 cm³/mol. The first kappa shape index (κ1) is 24.7. The van der Waals surface area contributed by atoms with Gasteiger partial charge in [-0.1, -0.05) is 70.2 Å². The van der Waals surface area contributed by atoms with E-state index in [2.05, 4.69) is 5.32 Å². The van der Waals surface area contributed by atoms with Crippen molar-refractivity contribution in [1.82, 2.24) is 5.32 Å². The summed E-state index contributed by atoms with van der Waals surface area (Å²) in [7, 11) is -4.12. The lowest BCUT2D eigenvalue weighted by Gasteiger charge is -2.25. The number of benzene rings is 3. The first-order valence-corrected chi connectivity index (χ1v) is 12.3. The Hall–Kier alpha value is -1.96. The first-order valence-electron chi connectivity index (χ1n) is 9.33. The van der Waals surface area contributed by atoms with Crippen LogP contribution >= 0.6 is 46.4 Å². The zero-order valence-corrected chi connectivity index (χ0v) is 20.6. The van der Waals surface area contributed by atoms with Gasteiger partial charge in [-0.2, -0.15) is 0 Å². The van der Waals surface area contributed by atoms with Gasteiger partial charge >= 0.3 is 0 Å². The van der Waals surface area contributed by atoms with Gasteiger partial charge in [0.25, 0.3) is 10.0 Å². The molecule has 0 aliphatic rings. The Morgan fingerprint density at radius 1 is 0.875 bits per heavy atom. The summed E-state index contributed by atoms with van der Waals surface area (Å²) in [6.07, 6.45) is 0. The lowest BCUT2D eigenvalue weighted by atomic mass is 10.2. The number of hydrogen-bond donors (Lipinski definition) is 1. The number of amides is 1. The molecule has 3 aromatic rings. The highest BCUT2D eigenvalue weighted by molar-refractivity contribution is 7.92. The minimum absolute atomic E-state index is 0.0210. The quantitative estimate of drug-likeness (QED) is 0.399. The van der Waals surface area contributed by atoms with E-state index < -0.39 is 22.5 Å². The molecule has 0 atom stereocenters. The fraction of sp³-hybridized carbons (Fsp3) is 0.136. The number of sulfonamides is 1. The van der Waals surface area contributed by atoms with E-state index in [9.17, 15) is 13.2 Å². The molecule has 0 radical (unpaired) electrons. The standard InChI is InChI=1S/C22H18Cl4N2O3S/c1-14-2-7-18(8-3-14)32(30,31)28(21-11-17(24)6-9-19(21)25)13-22(29)27-12-15-4-5-16(23)10-20(15)26/h2-11H,12-13H2,1H3,(H,27,29). The topological polar surface area (TPSA) is 66.5 Å². The number of halogens is 4. The van der Waals surface area contributed by atoms with Crippen LogP contribution in [-0.2, 0) is 21.4 Å². The summed E-state index contributed by atoms with van der Waals surface area (Å²) < 4.78 is 27.8. The molecule has 1 amide bonds. The molecule has 0 aliphatic heterocycles. The van der Waals surface area contributed by atoms with Gasteiger partial charge in [-0.15, -0.1) is 0 Å². The number of carbonyl (C=O) groups excluding carboxylic acids is 1. The largest absolute Gasteiger partial charge is 0.350 e. The van der Waals surface area contributed by atoms with Crippen LogP contribution in [0, 0.1) is 6.92 Å². The molecule has 0 unspecified atom stereocenters. The average Bonchev–Trinajstić information content (AvgIpc) is 2.73. The van der Waals surface area contributed by atoms with E-state index in [4.69, 9.17) is 46.4 Å². The van der Waals surface area contributed by atoms with E-state index >= 15 is 0 Å². The zero-order valence-electron chi connectivity index (χ0n) is 16.8. The van der Waals surface area contributed by atoms with Crippen LogP contribution in [0.3, 0.4) is 0 Å². The summed E-state index contributed by atoms with van der Waals surface area (Å²) in [6.45, 7) is 1.43. The summed E-state index contributed by atoms with van der Waals surface area (Å²) >= 11 is 24.4. The Morgan fingerprint density at radius 3 is 2.16 bits per heavy atom. The van der Waals surface area contributed by atoms with Crippen LogP contribution in [0.1, 0.15) is 11.1 Å². The zero-order chi connectivity index (χ0) is 23.5.